The second kappa shape index (κ2) is 5.79. The molecule has 2 rings (SSSR count). The number of benzene rings is 1. The van der Waals surface area contributed by atoms with Gasteiger partial charge in [-0.25, -0.2) is 0 Å². The highest BCUT2D eigenvalue weighted by Crippen LogP contribution is 2.11. The van der Waals surface area contributed by atoms with Gasteiger partial charge in [0.25, 0.3) is 11.6 Å². The summed E-state index contributed by atoms with van der Waals surface area (Å²) in [5, 5.41) is 24.0. The zero-order valence-corrected chi connectivity index (χ0v) is 10.4. The summed E-state index contributed by atoms with van der Waals surface area (Å²) in [6.45, 7) is 0.253. The lowest BCUT2D eigenvalue weighted by atomic mass is 10.2. The third kappa shape index (κ3) is 3.29. The standard InChI is InChI=1S/C13H11N3O4/c17-13(11-5-7-15(18)8-6-11)14-9-10-1-3-12(4-2-10)16(19)20/h1-8H,9H2,(H,14,17). The van der Waals surface area contributed by atoms with E-state index in [0.29, 0.717) is 10.3 Å². The molecule has 1 heterocycles. The first-order chi connectivity index (χ1) is 9.56. The number of hydrogen-bond acceptors (Lipinski definition) is 4. The molecular weight excluding hydrogens is 262 g/mol. The van der Waals surface area contributed by atoms with Gasteiger partial charge >= 0.3 is 0 Å². The Balaban J connectivity index is 1.96. The Morgan fingerprint density at radius 1 is 1.15 bits per heavy atom. The average molecular weight is 273 g/mol. The summed E-state index contributed by atoms with van der Waals surface area (Å²) < 4.78 is 0.590. The fraction of sp³-hybridized carbons (Fsp3) is 0.0769. The molecule has 7 nitrogen and oxygen atoms in total. The normalized spacial score (nSPS) is 10.0. The second-order valence-corrected chi connectivity index (χ2v) is 4.05. The Bertz CT molecular complexity index is 623. The van der Waals surface area contributed by atoms with Crippen molar-refractivity contribution in [2.45, 2.75) is 6.54 Å². The lowest BCUT2D eigenvalue weighted by Gasteiger charge is -2.05. The zero-order valence-electron chi connectivity index (χ0n) is 10.4. The van der Waals surface area contributed by atoms with Gasteiger partial charge in [-0.2, -0.15) is 4.73 Å². The highest BCUT2D eigenvalue weighted by molar-refractivity contribution is 5.93. The number of nitrogens with zero attached hydrogens (tertiary/aromatic N) is 2. The molecule has 0 saturated carbocycles. The Morgan fingerprint density at radius 2 is 1.75 bits per heavy atom. The molecule has 0 aliphatic carbocycles. The maximum atomic E-state index is 11.8. The van der Waals surface area contributed by atoms with Crippen molar-refractivity contribution in [2.75, 3.05) is 0 Å². The van der Waals surface area contributed by atoms with Crippen molar-refractivity contribution in [1.29, 1.82) is 0 Å². The number of non-ortho nitro benzene ring substituents is 1. The lowest BCUT2D eigenvalue weighted by molar-refractivity contribution is -0.605. The van der Waals surface area contributed by atoms with Crippen LogP contribution in [0, 0.1) is 15.3 Å². The summed E-state index contributed by atoms with van der Waals surface area (Å²) in [4.78, 5) is 21.8. The number of hydrogen-bond donors (Lipinski definition) is 1. The SMILES string of the molecule is O=C(NCc1ccc([N+](=O)[O-])cc1)c1cc[n+]([O-])cc1. The van der Waals surface area contributed by atoms with E-state index in [2.05, 4.69) is 5.32 Å². The number of rotatable bonds is 4. The van der Waals surface area contributed by atoms with Gasteiger partial charge in [0.2, 0.25) is 0 Å². The van der Waals surface area contributed by atoms with E-state index in [-0.39, 0.29) is 18.1 Å². The van der Waals surface area contributed by atoms with E-state index >= 15 is 0 Å². The van der Waals surface area contributed by atoms with Crippen molar-refractivity contribution < 1.29 is 14.4 Å². The van der Waals surface area contributed by atoms with Crippen LogP contribution < -0.4 is 10.0 Å². The molecule has 1 aromatic heterocycles. The minimum Gasteiger partial charge on any atom is -0.619 e. The first kappa shape index (κ1) is 13.5. The Hall–Kier alpha value is -2.96. The van der Waals surface area contributed by atoms with Crippen LogP contribution in [0.2, 0.25) is 0 Å². The van der Waals surface area contributed by atoms with Crippen LogP contribution >= 0.6 is 0 Å². The number of nitro groups is 1. The van der Waals surface area contributed by atoms with Crippen LogP contribution in [0.3, 0.4) is 0 Å². The van der Waals surface area contributed by atoms with Crippen LogP contribution in [-0.2, 0) is 6.54 Å². The first-order valence-corrected chi connectivity index (χ1v) is 5.76. The quantitative estimate of drug-likeness (QED) is 0.391. The Labute approximate surface area is 114 Å². The highest BCUT2D eigenvalue weighted by Gasteiger charge is 2.07. The van der Waals surface area contributed by atoms with E-state index in [1.54, 1.807) is 12.1 Å². The van der Waals surface area contributed by atoms with Gasteiger partial charge in [-0.3, -0.25) is 14.9 Å². The van der Waals surface area contributed by atoms with Crippen molar-refractivity contribution in [1.82, 2.24) is 5.32 Å². The van der Waals surface area contributed by atoms with E-state index < -0.39 is 4.92 Å². The molecule has 0 fully saturated rings. The summed E-state index contributed by atoms with van der Waals surface area (Å²) in [5.41, 5.74) is 1.13. The number of aromatic nitrogens is 1. The molecule has 0 bridgehead atoms. The number of nitrogens with one attached hydrogen (secondary N) is 1. The molecule has 0 spiro atoms. The molecule has 20 heavy (non-hydrogen) atoms. The molecule has 1 N–H and O–H groups in total. The van der Waals surface area contributed by atoms with E-state index in [0.717, 1.165) is 5.56 Å². The van der Waals surface area contributed by atoms with E-state index in [9.17, 15) is 20.1 Å². The van der Waals surface area contributed by atoms with Gasteiger partial charge in [0.05, 0.1) is 10.5 Å². The summed E-state index contributed by atoms with van der Waals surface area (Å²) >= 11 is 0. The molecule has 2 aromatic rings. The van der Waals surface area contributed by atoms with Crippen LogP contribution in [-0.4, -0.2) is 10.8 Å². The van der Waals surface area contributed by atoms with Gasteiger partial charge in [-0.05, 0) is 5.56 Å². The van der Waals surface area contributed by atoms with Crippen molar-refractivity contribution in [3.8, 4) is 0 Å². The van der Waals surface area contributed by atoms with E-state index in [1.807, 2.05) is 0 Å². The van der Waals surface area contributed by atoms with Crippen LogP contribution in [0.15, 0.2) is 48.8 Å². The van der Waals surface area contributed by atoms with Crippen LogP contribution in [0.25, 0.3) is 0 Å². The van der Waals surface area contributed by atoms with Crippen molar-refractivity contribution in [2.24, 2.45) is 0 Å². The number of amides is 1. The minimum atomic E-state index is -0.482. The molecule has 1 amide bonds. The van der Waals surface area contributed by atoms with E-state index in [1.165, 1.54) is 36.7 Å². The number of carbonyl (C=O) groups is 1. The topological polar surface area (TPSA) is 99.2 Å². The molecule has 0 aliphatic rings. The molecule has 0 aliphatic heterocycles. The monoisotopic (exact) mass is 273 g/mol. The molecule has 7 heteroatoms. The summed E-state index contributed by atoms with van der Waals surface area (Å²) in [5.74, 6) is -0.316. The van der Waals surface area contributed by atoms with Gasteiger partial charge in [0, 0.05) is 30.8 Å². The number of carbonyl (C=O) groups excluding carboxylic acids is 1. The third-order valence-corrected chi connectivity index (χ3v) is 2.66. The summed E-state index contributed by atoms with van der Waals surface area (Å²) in [6.07, 6.45) is 2.47. The molecule has 0 unspecified atom stereocenters. The molecule has 0 radical (unpaired) electrons. The van der Waals surface area contributed by atoms with Crippen molar-refractivity contribution >= 4 is 11.6 Å². The largest absolute Gasteiger partial charge is 0.619 e. The van der Waals surface area contributed by atoms with Gasteiger partial charge in [-0.1, -0.05) is 12.1 Å². The van der Waals surface area contributed by atoms with Crippen LogP contribution in [0.1, 0.15) is 15.9 Å². The summed E-state index contributed by atoms with van der Waals surface area (Å²) in [7, 11) is 0. The molecule has 0 atom stereocenters. The van der Waals surface area contributed by atoms with Crippen molar-refractivity contribution in [3.63, 3.8) is 0 Å². The minimum absolute atomic E-state index is 0.00290. The second-order valence-electron chi connectivity index (χ2n) is 4.05. The average Bonchev–Trinajstić information content (AvgIpc) is 2.46. The highest BCUT2D eigenvalue weighted by atomic mass is 16.6. The molecule has 1 aromatic carbocycles. The predicted octanol–water partition coefficient (Wildman–Crippen LogP) is 1.16. The Kier molecular flexibility index (Phi) is 3.90. The fourth-order valence-electron chi connectivity index (χ4n) is 1.58. The Morgan fingerprint density at radius 3 is 2.30 bits per heavy atom. The van der Waals surface area contributed by atoms with E-state index in [4.69, 9.17) is 0 Å². The first-order valence-electron chi connectivity index (χ1n) is 5.76. The third-order valence-electron chi connectivity index (χ3n) is 2.66. The zero-order chi connectivity index (χ0) is 14.5. The van der Waals surface area contributed by atoms with Crippen LogP contribution in [0.5, 0.6) is 0 Å². The molecular formula is C13H11N3O4. The van der Waals surface area contributed by atoms with Gasteiger partial charge in [0.15, 0.2) is 12.4 Å². The maximum absolute atomic E-state index is 11.8. The molecule has 102 valence electrons. The lowest BCUT2D eigenvalue weighted by Crippen LogP contribution is -2.27. The smallest absolute Gasteiger partial charge is 0.269 e. The number of pyridine rings is 1. The number of nitro benzene ring substituents is 1. The summed E-state index contributed by atoms with van der Waals surface area (Å²) in [6, 6.07) is 8.75. The van der Waals surface area contributed by atoms with Crippen LogP contribution in [0.4, 0.5) is 5.69 Å². The predicted molar refractivity (Wildman–Crippen MR) is 69.7 cm³/mol. The van der Waals surface area contributed by atoms with Gasteiger partial charge in [0.1, 0.15) is 0 Å². The maximum Gasteiger partial charge on any atom is 0.269 e. The van der Waals surface area contributed by atoms with Gasteiger partial charge in [-0.15, -0.1) is 0 Å². The molecule has 0 saturated heterocycles. The van der Waals surface area contributed by atoms with Gasteiger partial charge < -0.3 is 10.5 Å². The fourth-order valence-corrected chi connectivity index (χ4v) is 1.58. The van der Waals surface area contributed by atoms with Crippen molar-refractivity contribution in [3.05, 3.63) is 75.2 Å².